The van der Waals surface area contributed by atoms with Gasteiger partial charge in [-0.3, -0.25) is 14.3 Å². The van der Waals surface area contributed by atoms with Crippen molar-refractivity contribution in [1.29, 1.82) is 0 Å². The Morgan fingerprint density at radius 1 is 1.38 bits per heavy atom. The van der Waals surface area contributed by atoms with Crippen molar-refractivity contribution in [2.24, 2.45) is 17.1 Å². The molecule has 1 aromatic carbocycles. The van der Waals surface area contributed by atoms with Crippen LogP contribution in [0.2, 0.25) is 0 Å². The molecule has 0 bridgehead atoms. The molecule has 0 spiro atoms. The van der Waals surface area contributed by atoms with Gasteiger partial charge in [-0.15, -0.1) is 6.42 Å². The number of amides is 1. The summed E-state index contributed by atoms with van der Waals surface area (Å²) < 4.78 is 60.1. The Balaban J connectivity index is 0.00000170. The number of alkyl halides is 3. The van der Waals surface area contributed by atoms with Crippen molar-refractivity contribution in [2.45, 2.75) is 31.0 Å². The fourth-order valence-corrected chi connectivity index (χ4v) is 5.20. The van der Waals surface area contributed by atoms with Crippen LogP contribution >= 0.6 is 0 Å². The maximum atomic E-state index is 13.5. The van der Waals surface area contributed by atoms with Crippen LogP contribution in [0.4, 0.5) is 18.9 Å². The number of benzene rings is 1. The summed E-state index contributed by atoms with van der Waals surface area (Å²) in [6, 6.07) is 4.85. The highest BCUT2D eigenvalue weighted by Gasteiger charge is 2.38. The van der Waals surface area contributed by atoms with Crippen molar-refractivity contribution in [2.75, 3.05) is 24.7 Å². The lowest BCUT2D eigenvalue weighted by atomic mass is 10.2. The number of aromatic nitrogens is 4. The molecule has 1 atom stereocenters. The number of anilines is 1. The number of aryl methyl sites for hydroxylation is 1. The number of imidazole rings is 1. The zero-order valence-corrected chi connectivity index (χ0v) is 22.2. The van der Waals surface area contributed by atoms with Crippen LogP contribution in [-0.4, -0.2) is 60.4 Å². The fraction of sp³-hybridized carbons (Fsp3) is 0.333. The first-order chi connectivity index (χ1) is 18.3. The quantitative estimate of drug-likeness (QED) is 0.214. The van der Waals surface area contributed by atoms with Crippen molar-refractivity contribution >= 4 is 27.8 Å². The number of carbonyl (C=O) groups excluding carboxylic acids is 1. The summed E-state index contributed by atoms with van der Waals surface area (Å²) in [6.07, 6.45) is 4.98. The average molecular weight is 568 g/mol. The van der Waals surface area contributed by atoms with Gasteiger partial charge in [0.05, 0.1) is 32.1 Å². The monoisotopic (exact) mass is 567 g/mol. The van der Waals surface area contributed by atoms with Crippen molar-refractivity contribution in [3.05, 3.63) is 47.7 Å². The number of carbonyl (C=O) groups is 2. The molecule has 2 heterocycles. The third kappa shape index (κ3) is 7.68. The predicted molar refractivity (Wildman–Crippen MR) is 139 cm³/mol. The first-order valence-electron chi connectivity index (χ1n) is 11.3. The molecule has 0 aliphatic rings. The highest BCUT2D eigenvalue weighted by Crippen LogP contribution is 2.36. The minimum absolute atomic E-state index is 0.0482. The van der Waals surface area contributed by atoms with E-state index in [1.54, 1.807) is 31.4 Å². The van der Waals surface area contributed by atoms with Crippen molar-refractivity contribution in [1.82, 2.24) is 19.3 Å². The van der Waals surface area contributed by atoms with Crippen LogP contribution in [0.1, 0.15) is 28.3 Å². The van der Waals surface area contributed by atoms with E-state index in [4.69, 9.17) is 22.1 Å². The van der Waals surface area contributed by atoms with E-state index < -0.39 is 27.5 Å². The van der Waals surface area contributed by atoms with E-state index in [-0.39, 0.29) is 30.1 Å². The van der Waals surface area contributed by atoms with E-state index in [1.807, 2.05) is 0 Å². The van der Waals surface area contributed by atoms with Crippen LogP contribution in [0.3, 0.4) is 0 Å². The molecule has 11 nitrogen and oxygen atoms in total. The molecule has 0 saturated carbocycles. The van der Waals surface area contributed by atoms with Gasteiger partial charge in [-0.25, -0.2) is 13.6 Å². The van der Waals surface area contributed by atoms with Crippen LogP contribution in [0.15, 0.2) is 39.9 Å². The second kappa shape index (κ2) is 13.1. The van der Waals surface area contributed by atoms with E-state index in [0.29, 0.717) is 35.7 Å². The first-order valence-corrected chi connectivity index (χ1v) is 13.2. The largest absolute Gasteiger partial charge is 0.483 e. The van der Waals surface area contributed by atoms with Crippen molar-refractivity contribution in [3.63, 3.8) is 0 Å². The molecule has 210 valence electrons. The van der Waals surface area contributed by atoms with Gasteiger partial charge in [0.1, 0.15) is 6.54 Å². The van der Waals surface area contributed by atoms with E-state index in [2.05, 4.69) is 25.7 Å². The third-order valence-corrected chi connectivity index (χ3v) is 7.24. The highest BCUT2D eigenvalue weighted by molar-refractivity contribution is 7.93. The van der Waals surface area contributed by atoms with Crippen LogP contribution in [-0.2, 0) is 34.3 Å². The summed E-state index contributed by atoms with van der Waals surface area (Å²) in [4.78, 5) is 25.8. The summed E-state index contributed by atoms with van der Waals surface area (Å²) in [5.41, 5.74) is 5.20. The molecule has 0 radical (unpaired) electrons. The first kappa shape index (κ1) is 31.1. The summed E-state index contributed by atoms with van der Waals surface area (Å²) >= 11 is 0. The Morgan fingerprint density at radius 3 is 2.62 bits per heavy atom. The Bertz CT molecular complexity index is 1500. The van der Waals surface area contributed by atoms with E-state index in [1.165, 1.54) is 24.0 Å². The Morgan fingerprint density at radius 2 is 2.05 bits per heavy atom. The smallest absolute Gasteiger partial charge is 0.435 e. The molecular weight excluding hydrogens is 539 g/mol. The number of nitrogens with zero attached hydrogens (tertiary/aromatic N) is 5. The van der Waals surface area contributed by atoms with Crippen LogP contribution in [0, 0.1) is 19.3 Å². The molecule has 39 heavy (non-hydrogen) atoms. The van der Waals surface area contributed by atoms with Crippen molar-refractivity contribution in [3.8, 4) is 23.6 Å². The van der Waals surface area contributed by atoms with Gasteiger partial charge in [0.25, 0.3) is 12.4 Å². The molecule has 2 aromatic heterocycles. The van der Waals surface area contributed by atoms with Gasteiger partial charge < -0.3 is 20.7 Å². The highest BCUT2D eigenvalue weighted by atomic mass is 32.2. The zero-order valence-electron chi connectivity index (χ0n) is 21.4. The SMILES string of the molecule is C#CCn1cc(-c2cnc(C(=O)Nc3ccc(S(C)(=O)=NCCCN)c(C)c3)n2C)c(C(F)(F)F)n1.O=CO. The summed E-state index contributed by atoms with van der Waals surface area (Å²) in [5.74, 6) is 1.50. The Kier molecular flexibility index (Phi) is 10.4. The number of carboxylic acid groups (broad SMARTS) is 1. The molecule has 0 fully saturated rings. The lowest BCUT2D eigenvalue weighted by molar-refractivity contribution is -0.141. The molecule has 0 saturated heterocycles. The van der Waals surface area contributed by atoms with Gasteiger partial charge in [0.15, 0.2) is 11.5 Å². The molecule has 3 rings (SSSR count). The second-order valence-corrected chi connectivity index (χ2v) is 10.5. The minimum atomic E-state index is -4.73. The van der Waals surface area contributed by atoms with Gasteiger partial charge in [-0.1, -0.05) is 5.92 Å². The average Bonchev–Trinajstić information content (AvgIpc) is 3.43. The van der Waals surface area contributed by atoms with E-state index in [0.717, 1.165) is 4.68 Å². The normalized spacial score (nSPS) is 12.5. The third-order valence-electron chi connectivity index (χ3n) is 5.29. The second-order valence-electron chi connectivity index (χ2n) is 8.15. The topological polar surface area (TPSA) is 157 Å². The van der Waals surface area contributed by atoms with Crippen LogP contribution in [0.25, 0.3) is 11.3 Å². The van der Waals surface area contributed by atoms with Gasteiger partial charge in [-0.2, -0.15) is 18.3 Å². The van der Waals surface area contributed by atoms with Crippen LogP contribution < -0.4 is 11.1 Å². The lowest BCUT2D eigenvalue weighted by Gasteiger charge is -2.12. The fourth-order valence-electron chi connectivity index (χ4n) is 3.60. The summed E-state index contributed by atoms with van der Waals surface area (Å²) in [7, 11) is -1.20. The Hall–Kier alpha value is -4.16. The molecule has 3 aromatic rings. The molecule has 1 unspecified atom stereocenters. The number of halogens is 3. The van der Waals surface area contributed by atoms with Gasteiger partial charge >= 0.3 is 6.18 Å². The molecular formula is C24H28F3N7O4S. The van der Waals surface area contributed by atoms with E-state index in [9.17, 15) is 22.2 Å². The van der Waals surface area contributed by atoms with Crippen molar-refractivity contribution < 1.29 is 32.1 Å². The number of hydrogen-bond donors (Lipinski definition) is 3. The standard InChI is InChI=1S/C23H26F3N7O2S.CH2O2/c1-5-11-33-14-17(20(31-33)23(24,25)26)18-13-28-21(32(18)3)22(34)30-16-7-8-19(15(2)12-16)36(4,35)29-10-6-9-27;2-1-3/h1,7-8,12-14H,6,9-11,27H2,2-4H3,(H,30,34);1H,(H,2,3). The molecule has 4 N–H and O–H groups in total. The molecule has 0 aliphatic heterocycles. The zero-order chi connectivity index (χ0) is 29.4. The number of rotatable bonds is 8. The number of nitrogens with two attached hydrogens (primary N) is 1. The minimum Gasteiger partial charge on any atom is -0.483 e. The Labute approximate surface area is 223 Å². The number of terminal acetylenes is 1. The predicted octanol–water partition coefficient (Wildman–Crippen LogP) is 3.00. The summed E-state index contributed by atoms with van der Waals surface area (Å²) in [6.45, 7) is 2.18. The maximum Gasteiger partial charge on any atom is 0.435 e. The van der Waals surface area contributed by atoms with Gasteiger partial charge in [0, 0.05) is 31.7 Å². The van der Waals surface area contributed by atoms with Crippen LogP contribution in [0.5, 0.6) is 0 Å². The van der Waals surface area contributed by atoms with Gasteiger partial charge in [-0.05, 0) is 43.7 Å². The molecule has 0 aliphatic carbocycles. The number of hydrogen-bond acceptors (Lipinski definition) is 7. The van der Waals surface area contributed by atoms with E-state index >= 15 is 0 Å². The molecule has 15 heteroatoms. The lowest BCUT2D eigenvalue weighted by Crippen LogP contribution is -2.17. The summed E-state index contributed by atoms with van der Waals surface area (Å²) in [5, 5.41) is 13.1. The number of nitrogens with one attached hydrogen (secondary N) is 1. The molecule has 1 amide bonds. The van der Waals surface area contributed by atoms with Gasteiger partial charge in [0.2, 0.25) is 0 Å². The maximum absolute atomic E-state index is 13.5.